The Labute approximate surface area is 211 Å². The third kappa shape index (κ3) is 5.26. The van der Waals surface area contributed by atoms with E-state index < -0.39 is 11.7 Å². The van der Waals surface area contributed by atoms with E-state index in [0.717, 1.165) is 23.2 Å². The molecule has 2 atom stereocenters. The van der Waals surface area contributed by atoms with Crippen LogP contribution in [-0.2, 0) is 29.2 Å². The Morgan fingerprint density at radius 1 is 1.17 bits per heavy atom. The zero-order valence-corrected chi connectivity index (χ0v) is 21.2. The molecule has 0 radical (unpaired) electrons. The summed E-state index contributed by atoms with van der Waals surface area (Å²) in [7, 11) is 1.73. The number of ether oxygens (including phenoxy) is 2. The highest BCUT2D eigenvalue weighted by molar-refractivity contribution is 6.37. The van der Waals surface area contributed by atoms with Crippen LogP contribution in [0.5, 0.6) is 5.75 Å². The Balaban J connectivity index is 1.60. The van der Waals surface area contributed by atoms with Crippen molar-refractivity contribution in [1.82, 2.24) is 4.57 Å². The maximum absolute atomic E-state index is 13.3. The number of esters is 1. The lowest BCUT2D eigenvalue weighted by atomic mass is 10.1. The Bertz CT molecular complexity index is 1270. The number of aromatic nitrogens is 1. The van der Waals surface area contributed by atoms with E-state index in [1.165, 1.54) is 0 Å². The molecule has 0 N–H and O–H groups in total. The van der Waals surface area contributed by atoms with Crippen molar-refractivity contribution in [1.29, 1.82) is 0 Å². The van der Waals surface area contributed by atoms with Crippen molar-refractivity contribution in [3.8, 4) is 5.75 Å². The Hall–Kier alpha value is -2.38. The number of rotatable bonds is 6. The first kappa shape index (κ1) is 25.7. The second-order valence-corrected chi connectivity index (χ2v) is 9.72. The molecule has 1 aromatic heterocycles. The van der Waals surface area contributed by atoms with Gasteiger partial charge in [0.1, 0.15) is 5.75 Å². The molecular formula is C26H26Cl2F3NO3. The molecule has 35 heavy (non-hydrogen) atoms. The van der Waals surface area contributed by atoms with E-state index in [4.69, 9.17) is 32.7 Å². The summed E-state index contributed by atoms with van der Waals surface area (Å²) < 4.78 is 52.9. The molecule has 0 amide bonds. The number of aryl methyl sites for hydroxylation is 2. The van der Waals surface area contributed by atoms with E-state index in [9.17, 15) is 18.0 Å². The van der Waals surface area contributed by atoms with Crippen LogP contribution in [0.4, 0.5) is 13.2 Å². The van der Waals surface area contributed by atoms with Gasteiger partial charge in [0.15, 0.2) is 0 Å². The topological polar surface area (TPSA) is 40.5 Å². The average Bonchev–Trinajstić information content (AvgIpc) is 3.38. The molecule has 0 aliphatic heterocycles. The molecule has 1 aliphatic rings. The third-order valence-electron chi connectivity index (χ3n) is 6.60. The van der Waals surface area contributed by atoms with Crippen LogP contribution in [0.2, 0.25) is 10.0 Å². The number of hydrogen-bond acceptors (Lipinski definition) is 3. The molecule has 0 bridgehead atoms. The van der Waals surface area contributed by atoms with E-state index in [0.29, 0.717) is 64.7 Å². The van der Waals surface area contributed by atoms with Crippen molar-refractivity contribution < 1.29 is 27.4 Å². The summed E-state index contributed by atoms with van der Waals surface area (Å²) in [5.41, 5.74) is 1.75. The van der Waals surface area contributed by atoms with Gasteiger partial charge < -0.3 is 14.0 Å². The van der Waals surface area contributed by atoms with Gasteiger partial charge in [-0.2, -0.15) is 13.2 Å². The minimum absolute atomic E-state index is 0.169. The predicted octanol–water partition coefficient (Wildman–Crippen LogP) is 7.51. The van der Waals surface area contributed by atoms with Gasteiger partial charge in [-0.15, -0.1) is 0 Å². The maximum Gasteiger partial charge on any atom is 0.416 e. The van der Waals surface area contributed by atoms with Crippen LogP contribution in [0.1, 0.15) is 48.6 Å². The van der Waals surface area contributed by atoms with Gasteiger partial charge in [-0.25, -0.2) is 0 Å². The monoisotopic (exact) mass is 527 g/mol. The van der Waals surface area contributed by atoms with Gasteiger partial charge >= 0.3 is 12.1 Å². The van der Waals surface area contributed by atoms with Crippen LogP contribution < -0.4 is 4.74 Å². The quantitative estimate of drug-likeness (QED) is 0.311. The van der Waals surface area contributed by atoms with Crippen LogP contribution in [0.25, 0.3) is 10.9 Å². The van der Waals surface area contributed by atoms with E-state index in [1.54, 1.807) is 37.6 Å². The van der Waals surface area contributed by atoms with E-state index >= 15 is 0 Å². The normalized spacial score (nSPS) is 18.3. The lowest BCUT2D eigenvalue weighted by Gasteiger charge is -2.18. The van der Waals surface area contributed by atoms with Crippen molar-refractivity contribution in [3.63, 3.8) is 0 Å². The number of hydrogen-bond donors (Lipinski definition) is 0. The number of alkyl halides is 3. The highest BCUT2D eigenvalue weighted by Crippen LogP contribution is 2.39. The summed E-state index contributed by atoms with van der Waals surface area (Å²) in [6.45, 7) is 3.79. The van der Waals surface area contributed by atoms with Gasteiger partial charge in [0.05, 0.1) is 29.2 Å². The summed E-state index contributed by atoms with van der Waals surface area (Å²) in [5, 5.41) is 1.54. The molecule has 188 valence electrons. The smallest absolute Gasteiger partial charge is 0.416 e. The largest absolute Gasteiger partial charge is 0.489 e. The fourth-order valence-electron chi connectivity index (χ4n) is 4.71. The highest BCUT2D eigenvalue weighted by Gasteiger charge is 2.33. The fraction of sp³-hybridized carbons (Fsp3) is 0.423. The van der Waals surface area contributed by atoms with Crippen LogP contribution in [-0.4, -0.2) is 23.2 Å². The molecule has 1 heterocycles. The zero-order valence-electron chi connectivity index (χ0n) is 19.6. The van der Waals surface area contributed by atoms with Gasteiger partial charge in [-0.3, -0.25) is 4.79 Å². The van der Waals surface area contributed by atoms with Crippen molar-refractivity contribution in [2.24, 2.45) is 13.0 Å². The molecule has 0 saturated heterocycles. The first-order valence-corrected chi connectivity index (χ1v) is 12.2. The first-order valence-electron chi connectivity index (χ1n) is 11.5. The molecule has 0 unspecified atom stereocenters. The van der Waals surface area contributed by atoms with Crippen LogP contribution in [0, 0.1) is 12.8 Å². The Morgan fingerprint density at radius 3 is 2.60 bits per heavy atom. The molecule has 4 rings (SSSR count). The summed E-state index contributed by atoms with van der Waals surface area (Å²) in [4.78, 5) is 12.0. The van der Waals surface area contributed by atoms with Crippen molar-refractivity contribution in [2.75, 3.05) is 6.61 Å². The lowest BCUT2D eigenvalue weighted by Crippen LogP contribution is -2.18. The van der Waals surface area contributed by atoms with E-state index in [2.05, 4.69) is 0 Å². The number of fused-ring (bicyclic) bond motifs is 1. The van der Waals surface area contributed by atoms with Crippen LogP contribution in [0.15, 0.2) is 30.3 Å². The molecule has 9 heteroatoms. The predicted molar refractivity (Wildman–Crippen MR) is 130 cm³/mol. The second-order valence-electron chi connectivity index (χ2n) is 8.94. The molecule has 4 nitrogen and oxygen atoms in total. The number of benzene rings is 2. The third-order valence-corrected chi connectivity index (χ3v) is 7.37. The van der Waals surface area contributed by atoms with Crippen LogP contribution >= 0.6 is 23.2 Å². The number of halogens is 5. The van der Waals surface area contributed by atoms with Gasteiger partial charge in [0, 0.05) is 35.1 Å². The van der Waals surface area contributed by atoms with Crippen molar-refractivity contribution in [2.45, 2.75) is 51.8 Å². The summed E-state index contributed by atoms with van der Waals surface area (Å²) in [5.74, 6) is 0.0715. The van der Waals surface area contributed by atoms with Gasteiger partial charge in [0.2, 0.25) is 0 Å². The number of carbonyl (C=O) groups is 1. The van der Waals surface area contributed by atoms with Gasteiger partial charge in [0.25, 0.3) is 0 Å². The molecule has 1 fully saturated rings. The number of carbonyl (C=O) groups excluding carboxylic acids is 1. The SMILES string of the molecule is CCOC(=O)[C@H]1CC[C@H](Oc2ccc(Cl)c(Cc3cc4c(C)cc(C(F)(F)F)cc4n3C)c2Cl)C1. The minimum Gasteiger partial charge on any atom is -0.489 e. The van der Waals surface area contributed by atoms with E-state index in [-0.39, 0.29) is 18.0 Å². The minimum atomic E-state index is -4.42. The molecule has 1 saturated carbocycles. The molecule has 0 spiro atoms. The second kappa shape index (κ2) is 9.94. The lowest BCUT2D eigenvalue weighted by molar-refractivity contribution is -0.148. The van der Waals surface area contributed by atoms with Crippen molar-refractivity contribution in [3.05, 3.63) is 62.8 Å². The van der Waals surface area contributed by atoms with Gasteiger partial charge in [-0.1, -0.05) is 23.2 Å². The standard InChI is InChI=1S/C26H26Cl2F3NO3/c1-4-34-25(33)15-5-6-18(10-15)35-23-8-7-21(27)20(24(23)28)13-17-12-19-14(2)9-16(26(29,30)31)11-22(19)32(17)3/h7-9,11-12,15,18H,4-6,10,13H2,1-3H3/t15-,18-/m0/s1. The molecule has 3 aromatic rings. The zero-order chi connectivity index (χ0) is 25.5. The Morgan fingerprint density at radius 2 is 1.91 bits per heavy atom. The highest BCUT2D eigenvalue weighted by atomic mass is 35.5. The van der Waals surface area contributed by atoms with Crippen molar-refractivity contribution >= 4 is 40.1 Å². The summed E-state index contributed by atoms with van der Waals surface area (Å²) in [6.07, 6.45) is -2.32. The molecular weight excluding hydrogens is 502 g/mol. The fourth-order valence-corrected chi connectivity index (χ4v) is 5.26. The Kier molecular flexibility index (Phi) is 7.30. The average molecular weight is 528 g/mol. The van der Waals surface area contributed by atoms with Crippen LogP contribution in [0.3, 0.4) is 0 Å². The molecule has 2 aromatic carbocycles. The number of nitrogens with zero attached hydrogens (tertiary/aromatic N) is 1. The first-order chi connectivity index (χ1) is 16.5. The van der Waals surface area contributed by atoms with E-state index in [1.807, 2.05) is 6.07 Å². The molecule has 1 aliphatic carbocycles. The summed E-state index contributed by atoms with van der Waals surface area (Å²) >= 11 is 13.2. The maximum atomic E-state index is 13.3. The summed E-state index contributed by atoms with van der Waals surface area (Å²) in [6, 6.07) is 7.59. The van der Waals surface area contributed by atoms with Gasteiger partial charge in [-0.05, 0) is 74.6 Å².